The second kappa shape index (κ2) is 7.94. The summed E-state index contributed by atoms with van der Waals surface area (Å²) in [5, 5.41) is 10.7. The van der Waals surface area contributed by atoms with E-state index in [9.17, 15) is 35.9 Å². The average molecular weight is 386 g/mol. The van der Waals surface area contributed by atoms with Gasteiger partial charge in [-0.25, -0.2) is 0 Å². The lowest BCUT2D eigenvalue weighted by Crippen LogP contribution is -2.35. The van der Waals surface area contributed by atoms with Gasteiger partial charge in [0, 0.05) is 12.2 Å². The van der Waals surface area contributed by atoms with Gasteiger partial charge < -0.3 is 10.4 Å². The number of likely N-dealkylation sites (N-methyl/N-ethyl adjacent to an activating group) is 1. The molecule has 26 heavy (non-hydrogen) atoms. The number of benzene rings is 1. The number of carboxylic acids is 1. The first-order valence-electron chi connectivity index (χ1n) is 7.21. The standard InChI is InChI=1S/C15H16F6N2O3/c1-8(13(25)26)6-23(2)7-12(24)22-11-4-9(14(16,17)18)3-10(5-11)15(19,20)21/h3-5,8H,6-7H2,1-2H3,(H,22,24)(H,25,26). The summed E-state index contributed by atoms with van der Waals surface area (Å²) >= 11 is 0. The van der Waals surface area contributed by atoms with Crippen LogP contribution in [-0.2, 0) is 21.9 Å². The molecule has 0 fully saturated rings. The topological polar surface area (TPSA) is 69.6 Å². The Balaban J connectivity index is 2.94. The minimum Gasteiger partial charge on any atom is -0.481 e. The molecule has 0 saturated heterocycles. The molecule has 0 heterocycles. The third-order valence-electron chi connectivity index (χ3n) is 3.29. The Hall–Kier alpha value is -2.30. The molecular formula is C15H16F6N2O3. The van der Waals surface area contributed by atoms with E-state index in [0.29, 0.717) is 12.1 Å². The minimum absolute atomic E-state index is 0.0286. The molecule has 1 atom stereocenters. The van der Waals surface area contributed by atoms with Crippen LogP contribution in [0.2, 0.25) is 0 Å². The number of alkyl halides is 6. The molecule has 1 rings (SSSR count). The van der Waals surface area contributed by atoms with Crippen molar-refractivity contribution >= 4 is 17.6 Å². The molecule has 0 spiro atoms. The molecule has 0 aliphatic rings. The van der Waals surface area contributed by atoms with Crippen LogP contribution in [0.1, 0.15) is 18.1 Å². The molecule has 0 radical (unpaired) electrons. The van der Waals surface area contributed by atoms with Crippen LogP contribution in [0, 0.1) is 5.92 Å². The molecule has 11 heteroatoms. The molecule has 1 aromatic rings. The van der Waals surface area contributed by atoms with Crippen molar-refractivity contribution in [1.82, 2.24) is 4.90 Å². The van der Waals surface area contributed by atoms with Gasteiger partial charge in [0.05, 0.1) is 23.6 Å². The Morgan fingerprint density at radius 1 is 1.08 bits per heavy atom. The van der Waals surface area contributed by atoms with E-state index in [-0.39, 0.29) is 12.6 Å². The number of nitrogens with one attached hydrogen (secondary N) is 1. The highest BCUT2D eigenvalue weighted by Gasteiger charge is 2.37. The highest BCUT2D eigenvalue weighted by atomic mass is 19.4. The SMILES string of the molecule is CC(CN(C)CC(=O)Nc1cc(C(F)(F)F)cc(C(F)(F)F)c1)C(=O)O. The molecule has 0 aromatic heterocycles. The van der Waals surface area contributed by atoms with E-state index in [0.717, 1.165) is 0 Å². The van der Waals surface area contributed by atoms with E-state index in [1.54, 1.807) is 0 Å². The zero-order valence-electron chi connectivity index (χ0n) is 13.7. The van der Waals surface area contributed by atoms with Crippen molar-refractivity contribution in [1.29, 1.82) is 0 Å². The number of carbonyl (C=O) groups is 2. The normalized spacial score (nSPS) is 13.6. The highest BCUT2D eigenvalue weighted by molar-refractivity contribution is 5.92. The molecule has 0 saturated carbocycles. The van der Waals surface area contributed by atoms with Crippen molar-refractivity contribution in [3.8, 4) is 0 Å². The lowest BCUT2D eigenvalue weighted by Gasteiger charge is -2.19. The van der Waals surface area contributed by atoms with Gasteiger partial charge in [0.2, 0.25) is 5.91 Å². The summed E-state index contributed by atoms with van der Waals surface area (Å²) < 4.78 is 76.6. The Morgan fingerprint density at radius 2 is 1.54 bits per heavy atom. The van der Waals surface area contributed by atoms with E-state index >= 15 is 0 Å². The Kier molecular flexibility index (Phi) is 6.64. The first-order chi connectivity index (χ1) is 11.7. The van der Waals surface area contributed by atoms with Gasteiger partial charge in [-0.1, -0.05) is 6.92 Å². The molecule has 1 aromatic carbocycles. The number of carboxylic acid groups (broad SMARTS) is 1. The van der Waals surface area contributed by atoms with Crippen molar-refractivity contribution in [2.45, 2.75) is 19.3 Å². The van der Waals surface area contributed by atoms with Crippen LogP contribution in [0.5, 0.6) is 0 Å². The Labute approximate surface area is 144 Å². The number of anilines is 1. The van der Waals surface area contributed by atoms with Crippen LogP contribution in [0.3, 0.4) is 0 Å². The molecular weight excluding hydrogens is 370 g/mol. The number of aliphatic carboxylic acids is 1. The van der Waals surface area contributed by atoms with Crippen LogP contribution >= 0.6 is 0 Å². The van der Waals surface area contributed by atoms with Gasteiger partial charge in [0.1, 0.15) is 0 Å². The van der Waals surface area contributed by atoms with Crippen molar-refractivity contribution in [3.63, 3.8) is 0 Å². The summed E-state index contributed by atoms with van der Waals surface area (Å²) in [4.78, 5) is 23.9. The molecule has 5 nitrogen and oxygen atoms in total. The first-order valence-corrected chi connectivity index (χ1v) is 7.21. The van der Waals surface area contributed by atoms with Gasteiger partial charge in [-0.05, 0) is 25.2 Å². The van der Waals surface area contributed by atoms with E-state index in [1.807, 2.05) is 5.32 Å². The fourth-order valence-electron chi connectivity index (χ4n) is 2.08. The van der Waals surface area contributed by atoms with Crippen molar-refractivity contribution < 1.29 is 41.0 Å². The monoisotopic (exact) mass is 386 g/mol. The van der Waals surface area contributed by atoms with E-state index < -0.39 is 53.5 Å². The lowest BCUT2D eigenvalue weighted by molar-refractivity contribution is -0.143. The molecule has 0 bridgehead atoms. The number of hydrogen-bond acceptors (Lipinski definition) is 3. The van der Waals surface area contributed by atoms with Crippen LogP contribution in [0.25, 0.3) is 0 Å². The minimum atomic E-state index is -5.02. The summed E-state index contributed by atoms with van der Waals surface area (Å²) in [7, 11) is 1.40. The van der Waals surface area contributed by atoms with Crippen molar-refractivity contribution in [2.24, 2.45) is 5.92 Å². The third kappa shape index (κ3) is 6.54. The number of nitrogens with zero attached hydrogens (tertiary/aromatic N) is 1. The largest absolute Gasteiger partial charge is 0.481 e. The second-order valence-corrected chi connectivity index (χ2v) is 5.78. The van der Waals surface area contributed by atoms with Gasteiger partial charge >= 0.3 is 18.3 Å². The molecule has 1 unspecified atom stereocenters. The van der Waals surface area contributed by atoms with Crippen LogP contribution in [0.15, 0.2) is 18.2 Å². The fraction of sp³-hybridized carbons (Fsp3) is 0.467. The quantitative estimate of drug-likeness (QED) is 0.736. The summed E-state index contributed by atoms with van der Waals surface area (Å²) in [5.74, 6) is -2.79. The summed E-state index contributed by atoms with van der Waals surface area (Å²) in [5.41, 5.74) is -3.75. The van der Waals surface area contributed by atoms with Crippen LogP contribution in [0.4, 0.5) is 32.0 Å². The Bertz CT molecular complexity index is 640. The second-order valence-electron chi connectivity index (χ2n) is 5.78. The molecule has 146 valence electrons. The van der Waals surface area contributed by atoms with Gasteiger partial charge in [0.25, 0.3) is 0 Å². The molecule has 1 amide bonds. The van der Waals surface area contributed by atoms with E-state index in [1.165, 1.54) is 18.9 Å². The maximum atomic E-state index is 12.8. The summed E-state index contributed by atoms with van der Waals surface area (Å²) in [6.07, 6.45) is -10.0. The van der Waals surface area contributed by atoms with Crippen molar-refractivity contribution in [2.75, 3.05) is 25.5 Å². The fourth-order valence-corrected chi connectivity index (χ4v) is 2.08. The predicted molar refractivity (Wildman–Crippen MR) is 79.4 cm³/mol. The maximum Gasteiger partial charge on any atom is 0.416 e. The number of amides is 1. The molecule has 2 N–H and O–H groups in total. The van der Waals surface area contributed by atoms with Crippen molar-refractivity contribution in [3.05, 3.63) is 29.3 Å². The smallest absolute Gasteiger partial charge is 0.416 e. The first kappa shape index (κ1) is 21.7. The maximum absolute atomic E-state index is 12.8. The van der Waals surface area contributed by atoms with Gasteiger partial charge in [-0.2, -0.15) is 26.3 Å². The Morgan fingerprint density at radius 3 is 1.92 bits per heavy atom. The van der Waals surface area contributed by atoms with Crippen LogP contribution in [-0.4, -0.2) is 42.0 Å². The molecule has 0 aliphatic heterocycles. The predicted octanol–water partition coefficient (Wildman–Crippen LogP) is 3.32. The van der Waals surface area contributed by atoms with Gasteiger partial charge in [-0.15, -0.1) is 0 Å². The van der Waals surface area contributed by atoms with E-state index in [2.05, 4.69) is 0 Å². The number of carbonyl (C=O) groups excluding carboxylic acids is 1. The van der Waals surface area contributed by atoms with E-state index in [4.69, 9.17) is 5.11 Å². The number of rotatable bonds is 6. The van der Waals surface area contributed by atoms with Gasteiger partial charge in [0.15, 0.2) is 0 Å². The zero-order chi connectivity index (χ0) is 20.3. The third-order valence-corrected chi connectivity index (χ3v) is 3.29. The number of hydrogen-bond donors (Lipinski definition) is 2. The molecule has 0 aliphatic carbocycles. The highest BCUT2D eigenvalue weighted by Crippen LogP contribution is 2.37. The van der Waals surface area contributed by atoms with Crippen LogP contribution < -0.4 is 5.32 Å². The lowest BCUT2D eigenvalue weighted by atomic mass is 10.1. The van der Waals surface area contributed by atoms with Gasteiger partial charge in [-0.3, -0.25) is 14.5 Å². The average Bonchev–Trinajstić information content (AvgIpc) is 2.44. The zero-order valence-corrected chi connectivity index (χ0v) is 13.7. The summed E-state index contributed by atoms with van der Waals surface area (Å²) in [6.45, 7) is 0.952. The summed E-state index contributed by atoms with van der Waals surface area (Å²) in [6, 6.07) is 0.746. The number of halogens is 6.